The summed E-state index contributed by atoms with van der Waals surface area (Å²) in [5.74, 6) is -3.64. The van der Waals surface area contributed by atoms with Crippen LogP contribution >= 0.6 is 0 Å². The molecular weight excluding hydrogens is 438 g/mol. The van der Waals surface area contributed by atoms with Gasteiger partial charge in [-0.25, -0.2) is 8.78 Å². The lowest BCUT2D eigenvalue weighted by Gasteiger charge is -2.28. The fraction of sp³-hybridized carbons (Fsp3) is 0.269. The Morgan fingerprint density at radius 2 is 1.71 bits per heavy atom. The molecule has 0 radical (unpaired) electrons. The molecular formula is C26H24F2N4O2. The monoisotopic (exact) mass is 462 g/mol. The van der Waals surface area contributed by atoms with Crippen LogP contribution in [0.5, 0.6) is 5.75 Å². The fourth-order valence-corrected chi connectivity index (χ4v) is 4.60. The number of hydrogen-bond acceptors (Lipinski definition) is 4. The number of halogens is 2. The van der Waals surface area contributed by atoms with Gasteiger partial charge in [0.2, 0.25) is 0 Å². The first-order valence-corrected chi connectivity index (χ1v) is 11.3. The van der Waals surface area contributed by atoms with Crippen molar-refractivity contribution in [3.8, 4) is 16.9 Å². The van der Waals surface area contributed by atoms with Crippen LogP contribution in [0.1, 0.15) is 42.1 Å². The van der Waals surface area contributed by atoms with E-state index in [4.69, 9.17) is 5.10 Å². The number of nitrogens with one attached hydrogen (secondary N) is 1. The van der Waals surface area contributed by atoms with E-state index in [0.29, 0.717) is 12.6 Å². The summed E-state index contributed by atoms with van der Waals surface area (Å²) in [6.07, 6.45) is 9.36. The molecule has 1 aliphatic rings. The number of benzene rings is 2. The number of rotatable bonds is 5. The quantitative estimate of drug-likeness (QED) is 0.425. The Labute approximate surface area is 195 Å². The summed E-state index contributed by atoms with van der Waals surface area (Å²) in [4.78, 5) is 16.3. The Kier molecular flexibility index (Phi) is 5.96. The highest BCUT2D eigenvalue weighted by Gasteiger charge is 2.24. The summed E-state index contributed by atoms with van der Waals surface area (Å²) < 4.78 is 29.1. The number of aromatic nitrogens is 3. The number of fused-ring (bicyclic) bond motifs is 1. The van der Waals surface area contributed by atoms with Gasteiger partial charge in [0.15, 0.2) is 17.4 Å². The van der Waals surface area contributed by atoms with Crippen LogP contribution in [0.15, 0.2) is 61.1 Å². The van der Waals surface area contributed by atoms with E-state index in [1.807, 2.05) is 12.1 Å². The maximum absolute atomic E-state index is 13.5. The first-order chi connectivity index (χ1) is 16.5. The van der Waals surface area contributed by atoms with Crippen molar-refractivity contribution in [2.75, 3.05) is 6.54 Å². The van der Waals surface area contributed by atoms with Gasteiger partial charge < -0.3 is 10.4 Å². The van der Waals surface area contributed by atoms with Crippen LogP contribution in [0, 0.1) is 17.6 Å². The number of nitrogens with zero attached hydrogens (tertiary/aromatic N) is 3. The number of aromatic hydroxyl groups is 1. The lowest BCUT2D eigenvalue weighted by Crippen LogP contribution is -2.31. The Bertz CT molecular complexity index is 1310. The first kappa shape index (κ1) is 22.0. The van der Waals surface area contributed by atoms with Crippen molar-refractivity contribution in [1.29, 1.82) is 0 Å². The molecule has 1 fully saturated rings. The number of amides is 1. The molecule has 5 rings (SSSR count). The van der Waals surface area contributed by atoms with E-state index in [9.17, 15) is 18.7 Å². The second kappa shape index (κ2) is 9.21. The van der Waals surface area contributed by atoms with Crippen LogP contribution in [-0.2, 0) is 0 Å². The topological polar surface area (TPSA) is 80.0 Å². The number of carbonyl (C=O) groups excluding carboxylic acids is 1. The van der Waals surface area contributed by atoms with Crippen LogP contribution in [-0.4, -0.2) is 32.3 Å². The van der Waals surface area contributed by atoms with Crippen molar-refractivity contribution in [3.05, 3.63) is 78.3 Å². The smallest absolute Gasteiger partial charge is 0.251 e. The molecule has 2 heterocycles. The van der Waals surface area contributed by atoms with Gasteiger partial charge in [-0.2, -0.15) is 5.10 Å². The van der Waals surface area contributed by atoms with Gasteiger partial charge >= 0.3 is 0 Å². The molecule has 174 valence electrons. The molecule has 0 spiro atoms. The molecule has 2 aromatic heterocycles. The standard InChI is InChI=1S/C26H24F2N4O2/c27-22-11-20(12-23(28)25(22)33)26(34)30-14-16-1-5-21(6-2-16)32-15-19-4-3-18(13-24(19)31-32)17-7-9-29-10-8-17/h3-4,7-13,15-16,21,33H,1-2,5-6,14H2,(H,30,34). The van der Waals surface area contributed by atoms with E-state index in [0.717, 1.165) is 59.8 Å². The van der Waals surface area contributed by atoms with Gasteiger partial charge in [0.25, 0.3) is 5.91 Å². The second-order valence-corrected chi connectivity index (χ2v) is 8.79. The molecule has 0 aliphatic heterocycles. The van der Waals surface area contributed by atoms with E-state index in [-0.39, 0.29) is 11.5 Å². The maximum Gasteiger partial charge on any atom is 0.251 e. The number of phenols is 1. The average molecular weight is 463 g/mol. The van der Waals surface area contributed by atoms with E-state index in [1.54, 1.807) is 12.4 Å². The van der Waals surface area contributed by atoms with Crippen LogP contribution in [0.4, 0.5) is 8.78 Å². The minimum atomic E-state index is -1.15. The molecule has 1 saturated carbocycles. The van der Waals surface area contributed by atoms with Gasteiger partial charge in [-0.3, -0.25) is 14.5 Å². The van der Waals surface area contributed by atoms with Crippen molar-refractivity contribution in [2.45, 2.75) is 31.7 Å². The molecule has 2 N–H and O–H groups in total. The molecule has 0 saturated heterocycles. The Hall–Kier alpha value is -3.81. The molecule has 2 aromatic carbocycles. The lowest BCUT2D eigenvalue weighted by atomic mass is 9.86. The summed E-state index contributed by atoms with van der Waals surface area (Å²) in [6, 6.07) is 12.2. The molecule has 0 atom stereocenters. The van der Waals surface area contributed by atoms with Crippen LogP contribution in [0.2, 0.25) is 0 Å². The van der Waals surface area contributed by atoms with E-state index in [1.165, 1.54) is 0 Å². The van der Waals surface area contributed by atoms with Crippen molar-refractivity contribution in [1.82, 2.24) is 20.1 Å². The number of pyridine rings is 1. The zero-order valence-corrected chi connectivity index (χ0v) is 18.4. The number of carbonyl (C=O) groups is 1. The van der Waals surface area contributed by atoms with Crippen LogP contribution < -0.4 is 5.32 Å². The van der Waals surface area contributed by atoms with Gasteiger partial charge in [-0.05, 0) is 73.1 Å². The van der Waals surface area contributed by atoms with E-state index >= 15 is 0 Å². The Morgan fingerprint density at radius 1 is 1.00 bits per heavy atom. The average Bonchev–Trinajstić information content (AvgIpc) is 3.30. The second-order valence-electron chi connectivity index (χ2n) is 8.79. The normalized spacial score (nSPS) is 18.2. The van der Waals surface area contributed by atoms with Gasteiger partial charge in [0.1, 0.15) is 0 Å². The predicted molar refractivity (Wildman–Crippen MR) is 124 cm³/mol. The van der Waals surface area contributed by atoms with E-state index < -0.39 is 23.3 Å². The summed E-state index contributed by atoms with van der Waals surface area (Å²) in [5.41, 5.74) is 3.02. The highest BCUT2D eigenvalue weighted by molar-refractivity contribution is 5.94. The van der Waals surface area contributed by atoms with Crippen LogP contribution in [0.3, 0.4) is 0 Å². The van der Waals surface area contributed by atoms with Crippen molar-refractivity contribution >= 4 is 16.8 Å². The molecule has 8 heteroatoms. The molecule has 4 aromatic rings. The third kappa shape index (κ3) is 4.48. The third-order valence-electron chi connectivity index (χ3n) is 6.56. The SMILES string of the molecule is O=C(NCC1CCC(n2cc3ccc(-c4ccncc4)cc3n2)CC1)c1cc(F)c(O)c(F)c1. The van der Waals surface area contributed by atoms with Gasteiger partial charge in [0.05, 0.1) is 11.6 Å². The van der Waals surface area contributed by atoms with Gasteiger partial charge in [0, 0.05) is 36.1 Å². The third-order valence-corrected chi connectivity index (χ3v) is 6.56. The minimum Gasteiger partial charge on any atom is -0.503 e. The van der Waals surface area contributed by atoms with E-state index in [2.05, 4.69) is 39.4 Å². The highest BCUT2D eigenvalue weighted by Crippen LogP contribution is 2.33. The predicted octanol–water partition coefficient (Wildman–Crippen LogP) is 5.24. The van der Waals surface area contributed by atoms with Gasteiger partial charge in [-0.1, -0.05) is 12.1 Å². The first-order valence-electron chi connectivity index (χ1n) is 11.3. The van der Waals surface area contributed by atoms with Crippen molar-refractivity contribution < 1.29 is 18.7 Å². The molecule has 0 unspecified atom stereocenters. The summed E-state index contributed by atoms with van der Waals surface area (Å²) in [5, 5.41) is 17.9. The summed E-state index contributed by atoms with van der Waals surface area (Å²) in [7, 11) is 0. The highest BCUT2D eigenvalue weighted by atomic mass is 19.1. The van der Waals surface area contributed by atoms with Crippen LogP contribution in [0.25, 0.3) is 22.0 Å². The Morgan fingerprint density at radius 3 is 2.41 bits per heavy atom. The van der Waals surface area contributed by atoms with Crippen molar-refractivity contribution in [3.63, 3.8) is 0 Å². The molecule has 0 bridgehead atoms. The zero-order valence-electron chi connectivity index (χ0n) is 18.4. The molecule has 34 heavy (non-hydrogen) atoms. The number of phenolic OH excluding ortho intramolecular Hbond substituents is 1. The molecule has 1 amide bonds. The van der Waals surface area contributed by atoms with Crippen molar-refractivity contribution in [2.24, 2.45) is 5.92 Å². The minimum absolute atomic E-state index is 0.143. The number of hydrogen-bond donors (Lipinski definition) is 2. The zero-order chi connectivity index (χ0) is 23.7. The summed E-state index contributed by atoms with van der Waals surface area (Å²) >= 11 is 0. The summed E-state index contributed by atoms with van der Waals surface area (Å²) in [6.45, 7) is 0.437. The lowest BCUT2D eigenvalue weighted by molar-refractivity contribution is 0.0940. The molecule has 1 aliphatic carbocycles. The maximum atomic E-state index is 13.5. The fourth-order valence-electron chi connectivity index (χ4n) is 4.60. The largest absolute Gasteiger partial charge is 0.503 e. The Balaban J connectivity index is 1.18. The van der Waals surface area contributed by atoms with Gasteiger partial charge in [-0.15, -0.1) is 0 Å². The molecule has 6 nitrogen and oxygen atoms in total.